The molecule has 0 unspecified atom stereocenters. The maximum absolute atomic E-state index is 5.10. The second-order valence-electron chi connectivity index (χ2n) is 4.92. The van der Waals surface area contributed by atoms with Gasteiger partial charge < -0.3 is 14.6 Å². The number of rotatable bonds is 7. The zero-order chi connectivity index (χ0) is 14.4. The fraction of sp³-hybridized carbons (Fsp3) is 0.438. The standard InChI is InChI=1S/C16H23N3O/c1-4-14-6-8-15(9-7-14)18-16-17-13(2)12-19(16)10-5-11-20-3/h6-9,12H,4-5,10-11H2,1-3H3,(H,17,18). The first-order chi connectivity index (χ1) is 9.72. The van der Waals surface area contributed by atoms with Gasteiger partial charge in [0.1, 0.15) is 0 Å². The van der Waals surface area contributed by atoms with E-state index >= 15 is 0 Å². The van der Waals surface area contributed by atoms with Gasteiger partial charge in [-0.1, -0.05) is 19.1 Å². The van der Waals surface area contributed by atoms with Gasteiger partial charge in [-0.05, 0) is 37.5 Å². The fourth-order valence-corrected chi connectivity index (χ4v) is 2.15. The van der Waals surface area contributed by atoms with E-state index in [1.54, 1.807) is 7.11 Å². The Bertz CT molecular complexity index is 531. The van der Waals surface area contributed by atoms with Crippen LogP contribution in [0.4, 0.5) is 11.6 Å². The van der Waals surface area contributed by atoms with Crippen LogP contribution >= 0.6 is 0 Å². The summed E-state index contributed by atoms with van der Waals surface area (Å²) in [5, 5.41) is 3.38. The number of aryl methyl sites for hydroxylation is 3. The van der Waals surface area contributed by atoms with E-state index in [-0.39, 0.29) is 0 Å². The van der Waals surface area contributed by atoms with Gasteiger partial charge in [-0.2, -0.15) is 0 Å². The van der Waals surface area contributed by atoms with Crippen molar-refractivity contribution in [2.45, 2.75) is 33.2 Å². The summed E-state index contributed by atoms with van der Waals surface area (Å²) < 4.78 is 7.24. The molecule has 0 aliphatic carbocycles. The van der Waals surface area contributed by atoms with E-state index in [1.165, 1.54) is 5.56 Å². The Labute approximate surface area is 120 Å². The molecule has 0 aliphatic rings. The van der Waals surface area contributed by atoms with Gasteiger partial charge in [0.05, 0.1) is 5.69 Å². The monoisotopic (exact) mass is 273 g/mol. The second kappa shape index (κ2) is 7.10. The van der Waals surface area contributed by atoms with Crippen molar-refractivity contribution in [1.82, 2.24) is 9.55 Å². The third kappa shape index (κ3) is 3.84. The Balaban J connectivity index is 2.07. The molecule has 0 amide bonds. The third-order valence-electron chi connectivity index (χ3n) is 3.26. The zero-order valence-electron chi connectivity index (χ0n) is 12.5. The summed E-state index contributed by atoms with van der Waals surface area (Å²) in [5.74, 6) is 0.892. The maximum atomic E-state index is 5.10. The number of ether oxygens (including phenoxy) is 1. The maximum Gasteiger partial charge on any atom is 0.207 e. The number of benzene rings is 1. The number of nitrogens with one attached hydrogen (secondary N) is 1. The normalized spacial score (nSPS) is 10.8. The molecule has 0 saturated carbocycles. The van der Waals surface area contributed by atoms with E-state index in [9.17, 15) is 0 Å². The first-order valence-corrected chi connectivity index (χ1v) is 7.11. The quantitative estimate of drug-likeness (QED) is 0.784. The lowest BCUT2D eigenvalue weighted by Gasteiger charge is -2.10. The van der Waals surface area contributed by atoms with Crippen LogP contribution in [0.25, 0.3) is 0 Å². The van der Waals surface area contributed by atoms with Crippen molar-refractivity contribution in [3.05, 3.63) is 41.7 Å². The number of anilines is 2. The van der Waals surface area contributed by atoms with E-state index in [1.807, 2.05) is 6.92 Å². The third-order valence-corrected chi connectivity index (χ3v) is 3.26. The van der Waals surface area contributed by atoms with E-state index in [0.717, 1.165) is 43.3 Å². The summed E-state index contributed by atoms with van der Waals surface area (Å²) in [6.07, 6.45) is 4.11. The smallest absolute Gasteiger partial charge is 0.207 e. The minimum atomic E-state index is 0.766. The molecule has 0 atom stereocenters. The number of nitrogens with zero attached hydrogens (tertiary/aromatic N) is 2. The molecule has 4 nitrogen and oxygen atoms in total. The van der Waals surface area contributed by atoms with Crippen molar-refractivity contribution >= 4 is 11.6 Å². The first kappa shape index (κ1) is 14.6. The zero-order valence-corrected chi connectivity index (χ0v) is 12.5. The molecular weight excluding hydrogens is 250 g/mol. The minimum Gasteiger partial charge on any atom is -0.385 e. The lowest BCUT2D eigenvalue weighted by Crippen LogP contribution is -2.05. The molecule has 20 heavy (non-hydrogen) atoms. The van der Waals surface area contributed by atoms with E-state index in [2.05, 4.69) is 52.3 Å². The van der Waals surface area contributed by atoms with Gasteiger partial charge in [-0.25, -0.2) is 4.98 Å². The fourth-order valence-electron chi connectivity index (χ4n) is 2.15. The van der Waals surface area contributed by atoms with E-state index in [4.69, 9.17) is 4.74 Å². The number of hydrogen-bond acceptors (Lipinski definition) is 3. The number of methoxy groups -OCH3 is 1. The van der Waals surface area contributed by atoms with Crippen molar-refractivity contribution < 1.29 is 4.74 Å². The Morgan fingerprint density at radius 2 is 2.00 bits per heavy atom. The van der Waals surface area contributed by atoms with E-state index in [0.29, 0.717) is 0 Å². The molecule has 1 aromatic carbocycles. The predicted octanol–water partition coefficient (Wildman–Crippen LogP) is 3.53. The number of hydrogen-bond donors (Lipinski definition) is 1. The predicted molar refractivity (Wildman–Crippen MR) is 82.6 cm³/mol. The molecule has 108 valence electrons. The van der Waals surface area contributed by atoms with Crippen LogP contribution in [0.15, 0.2) is 30.5 Å². The summed E-state index contributed by atoms with van der Waals surface area (Å²) in [5.41, 5.74) is 3.44. The molecule has 1 heterocycles. The number of aromatic nitrogens is 2. The molecule has 2 rings (SSSR count). The van der Waals surface area contributed by atoms with Crippen LogP contribution in [0.1, 0.15) is 24.6 Å². The second-order valence-corrected chi connectivity index (χ2v) is 4.92. The molecule has 0 aliphatic heterocycles. The van der Waals surface area contributed by atoms with Crippen LogP contribution in [-0.4, -0.2) is 23.3 Å². The summed E-state index contributed by atoms with van der Waals surface area (Å²) in [6.45, 7) is 5.85. The molecular formula is C16H23N3O. The molecule has 2 aromatic rings. The van der Waals surface area contributed by atoms with Crippen LogP contribution in [0.5, 0.6) is 0 Å². The van der Waals surface area contributed by atoms with Crippen molar-refractivity contribution in [1.29, 1.82) is 0 Å². The Morgan fingerprint density at radius 3 is 2.65 bits per heavy atom. The van der Waals surface area contributed by atoms with Crippen molar-refractivity contribution in [3.8, 4) is 0 Å². The summed E-state index contributed by atoms with van der Waals surface area (Å²) in [6, 6.07) is 8.49. The molecule has 0 saturated heterocycles. The van der Waals surface area contributed by atoms with Crippen LogP contribution in [0.3, 0.4) is 0 Å². The van der Waals surface area contributed by atoms with E-state index < -0.39 is 0 Å². The molecule has 1 aromatic heterocycles. The number of imidazole rings is 1. The molecule has 0 bridgehead atoms. The largest absolute Gasteiger partial charge is 0.385 e. The van der Waals surface area contributed by atoms with Gasteiger partial charge >= 0.3 is 0 Å². The molecule has 1 N–H and O–H groups in total. The SMILES string of the molecule is CCc1ccc(Nc2nc(C)cn2CCCOC)cc1. The summed E-state index contributed by atoms with van der Waals surface area (Å²) >= 11 is 0. The van der Waals surface area contributed by atoms with Crippen LogP contribution in [0, 0.1) is 6.92 Å². The minimum absolute atomic E-state index is 0.766. The highest BCUT2D eigenvalue weighted by atomic mass is 16.5. The van der Waals surface area contributed by atoms with Crippen molar-refractivity contribution in [3.63, 3.8) is 0 Å². The highest BCUT2D eigenvalue weighted by Gasteiger charge is 2.05. The summed E-state index contributed by atoms with van der Waals surface area (Å²) in [4.78, 5) is 4.54. The van der Waals surface area contributed by atoms with Crippen molar-refractivity contribution in [2.75, 3.05) is 19.0 Å². The van der Waals surface area contributed by atoms with Gasteiger partial charge in [0.25, 0.3) is 0 Å². The van der Waals surface area contributed by atoms with Crippen LogP contribution in [-0.2, 0) is 17.7 Å². The van der Waals surface area contributed by atoms with Gasteiger partial charge in [-0.3, -0.25) is 0 Å². The highest BCUT2D eigenvalue weighted by molar-refractivity contribution is 5.54. The first-order valence-electron chi connectivity index (χ1n) is 7.11. The molecule has 4 heteroatoms. The van der Waals surface area contributed by atoms with Gasteiger partial charge in [0, 0.05) is 32.1 Å². The van der Waals surface area contributed by atoms with Gasteiger partial charge in [0.2, 0.25) is 5.95 Å². The molecule has 0 spiro atoms. The average molecular weight is 273 g/mol. The Morgan fingerprint density at radius 1 is 1.25 bits per heavy atom. The van der Waals surface area contributed by atoms with Crippen LogP contribution < -0.4 is 5.32 Å². The molecule has 0 radical (unpaired) electrons. The van der Waals surface area contributed by atoms with Crippen molar-refractivity contribution in [2.24, 2.45) is 0 Å². The highest BCUT2D eigenvalue weighted by Crippen LogP contribution is 2.17. The average Bonchev–Trinajstić information content (AvgIpc) is 2.80. The molecule has 0 fully saturated rings. The lowest BCUT2D eigenvalue weighted by molar-refractivity contribution is 0.190. The summed E-state index contributed by atoms with van der Waals surface area (Å²) in [7, 11) is 1.73. The topological polar surface area (TPSA) is 39.1 Å². The van der Waals surface area contributed by atoms with Gasteiger partial charge in [0.15, 0.2) is 0 Å². The Kier molecular flexibility index (Phi) is 5.18. The van der Waals surface area contributed by atoms with Crippen LogP contribution in [0.2, 0.25) is 0 Å². The lowest BCUT2D eigenvalue weighted by atomic mass is 10.1. The van der Waals surface area contributed by atoms with Gasteiger partial charge in [-0.15, -0.1) is 0 Å². The Hall–Kier alpha value is -1.81.